The van der Waals surface area contributed by atoms with Crippen molar-refractivity contribution < 1.29 is 19.0 Å². The van der Waals surface area contributed by atoms with Crippen LogP contribution in [0.25, 0.3) is 0 Å². The van der Waals surface area contributed by atoms with Crippen LogP contribution in [-0.2, 0) is 0 Å². The van der Waals surface area contributed by atoms with Gasteiger partial charge in [-0.25, -0.2) is 4.39 Å². The van der Waals surface area contributed by atoms with Gasteiger partial charge in [0.25, 0.3) is 0 Å². The third kappa shape index (κ3) is 4.51. The molecule has 0 aliphatic carbocycles. The zero-order chi connectivity index (χ0) is 14.4. The van der Waals surface area contributed by atoms with Crippen LogP contribution in [0, 0.1) is 5.82 Å². The van der Waals surface area contributed by atoms with Crippen molar-refractivity contribution in [2.45, 2.75) is 38.3 Å². The summed E-state index contributed by atoms with van der Waals surface area (Å²) in [6.45, 7) is 2.02. The fraction of sp³-hybridized carbons (Fsp3) is 0.571. The van der Waals surface area contributed by atoms with Gasteiger partial charge in [0.15, 0.2) is 11.5 Å². The molecule has 20 heavy (non-hydrogen) atoms. The molecule has 0 radical (unpaired) electrons. The molecule has 1 aromatic rings. The molecule has 0 aromatic heterocycles. The van der Waals surface area contributed by atoms with Crippen molar-refractivity contribution in [3.05, 3.63) is 23.5 Å². The Kier molecular flexibility index (Phi) is 8.53. The first-order valence-electron chi connectivity index (χ1n) is 6.40. The minimum absolute atomic E-state index is 0. The van der Waals surface area contributed by atoms with E-state index >= 15 is 0 Å². The molecule has 0 unspecified atom stereocenters. The van der Waals surface area contributed by atoms with Crippen LogP contribution in [-0.4, -0.2) is 25.4 Å². The van der Waals surface area contributed by atoms with Crippen LogP contribution in [0.3, 0.4) is 0 Å². The lowest BCUT2D eigenvalue weighted by molar-refractivity contribution is 0.131. The Morgan fingerprint density at radius 3 is 2.30 bits per heavy atom. The molecule has 0 amide bonds. The number of aliphatic hydroxyl groups is 1. The summed E-state index contributed by atoms with van der Waals surface area (Å²) < 4.78 is 24.1. The maximum atomic E-state index is 14.0. The van der Waals surface area contributed by atoms with Crippen LogP contribution in [0.15, 0.2) is 12.1 Å². The topological polar surface area (TPSA) is 64.7 Å². The third-order valence-electron chi connectivity index (χ3n) is 3.13. The lowest BCUT2D eigenvalue weighted by Gasteiger charge is -2.21. The molecule has 1 rings (SSSR count). The second-order valence-electron chi connectivity index (χ2n) is 4.46. The quantitative estimate of drug-likeness (QED) is 0.813. The van der Waals surface area contributed by atoms with E-state index in [0.717, 1.165) is 12.8 Å². The molecule has 0 saturated heterocycles. The highest BCUT2D eigenvalue weighted by atomic mass is 35.5. The van der Waals surface area contributed by atoms with Crippen molar-refractivity contribution in [2.75, 3.05) is 14.2 Å². The number of unbranched alkanes of at least 4 members (excludes halogenated alkanes) is 1. The Bertz CT molecular complexity index is 418. The first-order chi connectivity index (χ1) is 9.04. The first kappa shape index (κ1) is 19.0. The highest BCUT2D eigenvalue weighted by Gasteiger charge is 2.22. The molecule has 4 nitrogen and oxygen atoms in total. The highest BCUT2D eigenvalue weighted by molar-refractivity contribution is 5.85. The van der Waals surface area contributed by atoms with Gasteiger partial charge in [-0.3, -0.25) is 0 Å². The Morgan fingerprint density at radius 1 is 1.25 bits per heavy atom. The first-order valence-corrected chi connectivity index (χ1v) is 6.40. The van der Waals surface area contributed by atoms with E-state index in [0.29, 0.717) is 17.9 Å². The summed E-state index contributed by atoms with van der Waals surface area (Å²) in [4.78, 5) is 0. The Morgan fingerprint density at radius 2 is 1.80 bits per heavy atom. The zero-order valence-corrected chi connectivity index (χ0v) is 12.9. The number of nitrogens with two attached hydrogens (primary N) is 1. The number of hydrogen-bond donors (Lipinski definition) is 2. The lowest BCUT2D eigenvalue weighted by Crippen LogP contribution is -2.27. The number of aliphatic hydroxyl groups excluding tert-OH is 1. The number of ether oxygens (including phenoxy) is 2. The van der Waals surface area contributed by atoms with Crippen LogP contribution >= 0.6 is 12.4 Å². The summed E-state index contributed by atoms with van der Waals surface area (Å²) in [5, 5.41) is 9.95. The van der Waals surface area contributed by atoms with Crippen molar-refractivity contribution >= 4 is 12.4 Å². The molecule has 116 valence electrons. The van der Waals surface area contributed by atoms with E-state index in [1.54, 1.807) is 0 Å². The van der Waals surface area contributed by atoms with Gasteiger partial charge in [-0.05, 0) is 12.5 Å². The standard InChI is InChI=1S/C14H22FNO3.ClH/c1-4-5-6-11(17)14(16)9-7-12(18-2)13(19-3)8-10(9)15;/h7-8,11,14,17H,4-6,16H2,1-3H3;1H/t11-,14+;/m0./s1. The van der Waals surface area contributed by atoms with E-state index in [9.17, 15) is 9.50 Å². The SMILES string of the molecule is CCCC[C@H](O)[C@H](N)c1cc(OC)c(OC)cc1F.Cl. The number of rotatable bonds is 7. The van der Waals surface area contributed by atoms with E-state index < -0.39 is 18.0 Å². The lowest BCUT2D eigenvalue weighted by atomic mass is 9.97. The largest absolute Gasteiger partial charge is 0.493 e. The van der Waals surface area contributed by atoms with Gasteiger partial charge in [0, 0.05) is 11.6 Å². The van der Waals surface area contributed by atoms with Gasteiger partial charge in [0.1, 0.15) is 5.82 Å². The number of halogens is 2. The van der Waals surface area contributed by atoms with E-state index in [4.69, 9.17) is 15.2 Å². The molecular weight excluding hydrogens is 285 g/mol. The average molecular weight is 308 g/mol. The predicted octanol–water partition coefficient (Wildman–Crippen LogP) is 2.82. The molecule has 0 aliphatic rings. The summed E-state index contributed by atoms with van der Waals surface area (Å²) in [5.41, 5.74) is 6.15. The summed E-state index contributed by atoms with van der Waals surface area (Å²) >= 11 is 0. The number of benzene rings is 1. The molecule has 1 aromatic carbocycles. The highest BCUT2D eigenvalue weighted by Crippen LogP contribution is 2.33. The van der Waals surface area contributed by atoms with Crippen LogP contribution in [0.5, 0.6) is 11.5 Å². The summed E-state index contributed by atoms with van der Waals surface area (Å²) in [5.74, 6) is 0.205. The Balaban J connectivity index is 0.00000361. The predicted molar refractivity (Wildman–Crippen MR) is 79.2 cm³/mol. The van der Waals surface area contributed by atoms with Gasteiger partial charge in [0.05, 0.1) is 26.4 Å². The van der Waals surface area contributed by atoms with Gasteiger partial charge < -0.3 is 20.3 Å². The van der Waals surface area contributed by atoms with Crippen LogP contribution < -0.4 is 15.2 Å². The van der Waals surface area contributed by atoms with Crippen LogP contribution in [0.4, 0.5) is 4.39 Å². The average Bonchev–Trinajstić information content (AvgIpc) is 2.43. The number of methoxy groups -OCH3 is 2. The van der Waals surface area contributed by atoms with Crippen molar-refractivity contribution in [3.8, 4) is 11.5 Å². The molecule has 0 spiro atoms. The van der Waals surface area contributed by atoms with Gasteiger partial charge in [-0.2, -0.15) is 0 Å². The minimum Gasteiger partial charge on any atom is -0.493 e. The maximum absolute atomic E-state index is 14.0. The van der Waals surface area contributed by atoms with Gasteiger partial charge in [-0.15, -0.1) is 12.4 Å². The monoisotopic (exact) mass is 307 g/mol. The minimum atomic E-state index is -0.772. The Hall–Kier alpha value is -1.04. The van der Waals surface area contributed by atoms with E-state index in [1.807, 2.05) is 6.92 Å². The van der Waals surface area contributed by atoms with Crippen LogP contribution in [0.1, 0.15) is 37.8 Å². The second kappa shape index (κ2) is 9.00. The summed E-state index contributed by atoms with van der Waals surface area (Å²) in [6, 6.07) is 1.93. The second-order valence-corrected chi connectivity index (χ2v) is 4.46. The van der Waals surface area contributed by atoms with Gasteiger partial charge >= 0.3 is 0 Å². The van der Waals surface area contributed by atoms with Crippen LogP contribution in [0.2, 0.25) is 0 Å². The van der Waals surface area contributed by atoms with Gasteiger partial charge in [0.2, 0.25) is 0 Å². The zero-order valence-electron chi connectivity index (χ0n) is 12.1. The molecular formula is C14H23ClFNO3. The van der Waals surface area contributed by atoms with E-state index in [2.05, 4.69) is 0 Å². The molecule has 0 aliphatic heterocycles. The fourth-order valence-corrected chi connectivity index (χ4v) is 1.93. The molecule has 6 heteroatoms. The smallest absolute Gasteiger partial charge is 0.163 e. The Labute approximate surface area is 125 Å². The number of hydrogen-bond acceptors (Lipinski definition) is 4. The molecule has 0 saturated carbocycles. The molecule has 0 fully saturated rings. The summed E-state index contributed by atoms with van der Waals surface area (Å²) in [7, 11) is 2.91. The maximum Gasteiger partial charge on any atom is 0.163 e. The molecule has 2 atom stereocenters. The molecule has 3 N–H and O–H groups in total. The normalized spacial score (nSPS) is 13.3. The van der Waals surface area contributed by atoms with Crippen molar-refractivity contribution in [3.63, 3.8) is 0 Å². The van der Waals surface area contributed by atoms with Crippen molar-refractivity contribution in [1.82, 2.24) is 0 Å². The summed E-state index contributed by atoms with van der Waals surface area (Å²) in [6.07, 6.45) is 1.58. The fourth-order valence-electron chi connectivity index (χ4n) is 1.93. The van der Waals surface area contributed by atoms with Crippen molar-refractivity contribution in [2.24, 2.45) is 5.73 Å². The molecule has 0 heterocycles. The van der Waals surface area contributed by atoms with Crippen molar-refractivity contribution in [1.29, 1.82) is 0 Å². The van der Waals surface area contributed by atoms with E-state index in [-0.39, 0.29) is 18.0 Å². The van der Waals surface area contributed by atoms with Gasteiger partial charge in [-0.1, -0.05) is 19.8 Å². The van der Waals surface area contributed by atoms with E-state index in [1.165, 1.54) is 26.4 Å². The third-order valence-corrected chi connectivity index (χ3v) is 3.13. The molecule has 0 bridgehead atoms.